The summed E-state index contributed by atoms with van der Waals surface area (Å²) < 4.78 is 47.3. The molecule has 3 nitrogen and oxygen atoms in total. The Balaban J connectivity index is 2.26. The molecule has 6 heteroatoms. The van der Waals surface area contributed by atoms with E-state index >= 15 is 0 Å². The third kappa shape index (κ3) is 2.37. The fourth-order valence-electron chi connectivity index (χ4n) is 1.19. The van der Waals surface area contributed by atoms with Gasteiger partial charge in [0, 0.05) is 6.07 Å². The summed E-state index contributed by atoms with van der Waals surface area (Å²) in [5.74, 6) is 0.326. The van der Waals surface area contributed by atoms with Gasteiger partial charge in [-0.1, -0.05) is 0 Å². The summed E-state index contributed by atoms with van der Waals surface area (Å²) in [6, 6.07) is 0.845. The Morgan fingerprint density at radius 2 is 2.00 bits per heavy atom. The van der Waals surface area contributed by atoms with Gasteiger partial charge in [0.1, 0.15) is 5.69 Å². The molecule has 0 saturated heterocycles. The molecule has 1 fully saturated rings. The number of aromatic nitrogens is 1. The van der Waals surface area contributed by atoms with E-state index in [1.54, 1.807) is 0 Å². The molecule has 1 aliphatic carbocycles. The van der Waals surface area contributed by atoms with Crippen LogP contribution in [0.5, 0.6) is 11.5 Å². The van der Waals surface area contributed by atoms with Crippen LogP contribution in [0.4, 0.5) is 13.2 Å². The minimum absolute atomic E-state index is 0.0641. The summed E-state index contributed by atoms with van der Waals surface area (Å²) in [5, 5.41) is 0. The smallest absolute Gasteiger partial charge is 0.433 e. The zero-order valence-corrected chi connectivity index (χ0v) is 8.54. The van der Waals surface area contributed by atoms with Crippen molar-refractivity contribution in [3.8, 4) is 11.5 Å². The predicted octanol–water partition coefficient (Wildman–Crippen LogP) is 2.65. The molecule has 0 aromatic carbocycles. The lowest BCUT2D eigenvalue weighted by Gasteiger charge is -2.12. The van der Waals surface area contributed by atoms with Crippen LogP contribution in [-0.4, -0.2) is 18.2 Å². The second-order valence-electron chi connectivity index (χ2n) is 3.54. The lowest BCUT2D eigenvalue weighted by molar-refractivity contribution is -0.141. The van der Waals surface area contributed by atoms with Crippen LogP contribution in [0.3, 0.4) is 0 Å². The first-order valence-corrected chi connectivity index (χ1v) is 4.78. The molecule has 1 aromatic rings. The number of hydrogen-bond donors (Lipinski definition) is 0. The fourth-order valence-corrected chi connectivity index (χ4v) is 1.19. The number of nitrogens with zero attached hydrogens (tertiary/aromatic N) is 1. The normalized spacial score (nSPS) is 16.0. The molecule has 0 radical (unpaired) electrons. The summed E-state index contributed by atoms with van der Waals surface area (Å²) in [6.07, 6.45) is -1.48. The van der Waals surface area contributed by atoms with Gasteiger partial charge in [0.05, 0.1) is 19.4 Å². The maximum Gasteiger partial charge on any atom is 0.433 e. The van der Waals surface area contributed by atoms with Crippen molar-refractivity contribution in [2.24, 2.45) is 0 Å². The molecule has 0 unspecified atom stereocenters. The first-order chi connectivity index (χ1) is 7.50. The largest absolute Gasteiger partial charge is 0.493 e. The van der Waals surface area contributed by atoms with Crippen molar-refractivity contribution in [1.29, 1.82) is 0 Å². The predicted molar refractivity (Wildman–Crippen MR) is 49.4 cm³/mol. The molecule has 0 N–H and O–H groups in total. The number of hydrogen-bond acceptors (Lipinski definition) is 3. The summed E-state index contributed by atoms with van der Waals surface area (Å²) in [6.45, 7) is 0. The third-order valence-electron chi connectivity index (χ3n) is 2.16. The Hall–Kier alpha value is -1.46. The van der Waals surface area contributed by atoms with E-state index in [2.05, 4.69) is 4.98 Å². The standard InChI is InChI=1S/C10H10F3NO2/c1-15-7-4-9(10(11,12)13)14-5-8(7)16-6-2-3-6/h4-6H,2-3H2,1H3. The minimum atomic E-state index is -4.47. The van der Waals surface area contributed by atoms with Gasteiger partial charge in [-0.15, -0.1) is 0 Å². The van der Waals surface area contributed by atoms with Gasteiger partial charge >= 0.3 is 6.18 Å². The van der Waals surface area contributed by atoms with Crippen molar-refractivity contribution in [3.05, 3.63) is 18.0 Å². The van der Waals surface area contributed by atoms with Gasteiger partial charge in [-0.2, -0.15) is 13.2 Å². The maximum absolute atomic E-state index is 12.4. The third-order valence-corrected chi connectivity index (χ3v) is 2.16. The highest BCUT2D eigenvalue weighted by molar-refractivity contribution is 5.40. The number of ether oxygens (including phenoxy) is 2. The molecule has 1 heterocycles. The number of halogens is 3. The fraction of sp³-hybridized carbons (Fsp3) is 0.500. The number of pyridine rings is 1. The maximum atomic E-state index is 12.4. The first-order valence-electron chi connectivity index (χ1n) is 4.78. The van der Waals surface area contributed by atoms with Crippen molar-refractivity contribution in [2.75, 3.05) is 7.11 Å². The highest BCUT2D eigenvalue weighted by Gasteiger charge is 2.34. The topological polar surface area (TPSA) is 31.4 Å². The van der Waals surface area contributed by atoms with Crippen molar-refractivity contribution in [2.45, 2.75) is 25.1 Å². The van der Waals surface area contributed by atoms with Crippen molar-refractivity contribution in [3.63, 3.8) is 0 Å². The molecule has 1 saturated carbocycles. The van der Waals surface area contributed by atoms with Crippen molar-refractivity contribution in [1.82, 2.24) is 4.98 Å². The van der Waals surface area contributed by atoms with Gasteiger partial charge in [-0.05, 0) is 12.8 Å². The van der Waals surface area contributed by atoms with E-state index < -0.39 is 11.9 Å². The molecule has 16 heavy (non-hydrogen) atoms. The van der Waals surface area contributed by atoms with E-state index in [0.29, 0.717) is 0 Å². The van der Waals surface area contributed by atoms with Crippen LogP contribution in [0.1, 0.15) is 18.5 Å². The van der Waals surface area contributed by atoms with E-state index in [1.807, 2.05) is 0 Å². The van der Waals surface area contributed by atoms with E-state index in [9.17, 15) is 13.2 Å². The second kappa shape index (κ2) is 3.84. The molecule has 0 aliphatic heterocycles. The zero-order valence-electron chi connectivity index (χ0n) is 8.54. The molecular formula is C10H10F3NO2. The Bertz CT molecular complexity index is 388. The molecule has 88 valence electrons. The Morgan fingerprint density at radius 3 is 2.50 bits per heavy atom. The SMILES string of the molecule is COc1cc(C(F)(F)F)ncc1OC1CC1. The van der Waals surface area contributed by atoms with E-state index in [1.165, 1.54) is 7.11 Å². The summed E-state index contributed by atoms with van der Waals surface area (Å²) in [5.41, 5.74) is -0.979. The lowest BCUT2D eigenvalue weighted by Crippen LogP contribution is -2.09. The average molecular weight is 233 g/mol. The van der Waals surface area contributed by atoms with Crippen molar-refractivity contribution < 1.29 is 22.6 Å². The van der Waals surface area contributed by atoms with Gasteiger partial charge in [0.2, 0.25) is 0 Å². The number of methoxy groups -OCH3 is 1. The molecule has 0 spiro atoms. The Kier molecular flexibility index (Phi) is 2.65. The molecule has 0 bridgehead atoms. The highest BCUT2D eigenvalue weighted by Crippen LogP contribution is 2.36. The molecule has 1 aliphatic rings. The molecular weight excluding hydrogens is 223 g/mol. The van der Waals surface area contributed by atoms with E-state index in [0.717, 1.165) is 25.1 Å². The highest BCUT2D eigenvalue weighted by atomic mass is 19.4. The number of rotatable bonds is 3. The van der Waals surface area contributed by atoms with Gasteiger partial charge in [0.25, 0.3) is 0 Å². The summed E-state index contributed by atoms with van der Waals surface area (Å²) in [7, 11) is 1.30. The monoisotopic (exact) mass is 233 g/mol. The van der Waals surface area contributed by atoms with Crippen LogP contribution in [0.2, 0.25) is 0 Å². The average Bonchev–Trinajstić information content (AvgIpc) is 3.00. The van der Waals surface area contributed by atoms with Crippen molar-refractivity contribution >= 4 is 0 Å². The van der Waals surface area contributed by atoms with Crippen LogP contribution in [0.25, 0.3) is 0 Å². The quantitative estimate of drug-likeness (QED) is 0.804. The van der Waals surface area contributed by atoms with Gasteiger partial charge in [-0.25, -0.2) is 4.98 Å². The van der Waals surface area contributed by atoms with Crippen LogP contribution in [-0.2, 0) is 6.18 Å². The van der Waals surface area contributed by atoms with Gasteiger partial charge in [0.15, 0.2) is 11.5 Å². The second-order valence-corrected chi connectivity index (χ2v) is 3.54. The van der Waals surface area contributed by atoms with Crippen LogP contribution in [0, 0.1) is 0 Å². The van der Waals surface area contributed by atoms with E-state index in [4.69, 9.17) is 9.47 Å². The Morgan fingerprint density at radius 1 is 1.31 bits per heavy atom. The molecule has 1 aromatic heterocycles. The first kappa shape index (κ1) is 11.0. The Labute approximate surface area is 90.2 Å². The molecule has 2 rings (SSSR count). The van der Waals surface area contributed by atoms with Crippen LogP contribution in [0.15, 0.2) is 12.3 Å². The number of alkyl halides is 3. The van der Waals surface area contributed by atoms with Gasteiger partial charge in [-0.3, -0.25) is 0 Å². The zero-order chi connectivity index (χ0) is 11.8. The minimum Gasteiger partial charge on any atom is -0.493 e. The lowest BCUT2D eigenvalue weighted by atomic mass is 10.3. The van der Waals surface area contributed by atoms with E-state index in [-0.39, 0.29) is 17.6 Å². The van der Waals surface area contributed by atoms with Crippen LogP contribution < -0.4 is 9.47 Å². The van der Waals surface area contributed by atoms with Crippen LogP contribution >= 0.6 is 0 Å². The summed E-state index contributed by atoms with van der Waals surface area (Å²) >= 11 is 0. The molecule has 0 atom stereocenters. The molecule has 0 amide bonds. The summed E-state index contributed by atoms with van der Waals surface area (Å²) in [4.78, 5) is 3.31. The van der Waals surface area contributed by atoms with Gasteiger partial charge < -0.3 is 9.47 Å².